The minimum Gasteiger partial charge on any atom is -0.493 e. The molecular formula is C47H58N8O10S. The van der Waals surface area contributed by atoms with Crippen molar-refractivity contribution in [2.24, 2.45) is 7.05 Å². The fraction of sp³-hybridized carbons (Fsp3) is 0.468. The van der Waals surface area contributed by atoms with Gasteiger partial charge in [0.2, 0.25) is 23.6 Å². The van der Waals surface area contributed by atoms with Crippen LogP contribution < -0.4 is 25.4 Å². The lowest BCUT2D eigenvalue weighted by molar-refractivity contribution is -0.134. The predicted octanol–water partition coefficient (Wildman–Crippen LogP) is 4.42. The number of sulfone groups is 1. The van der Waals surface area contributed by atoms with Gasteiger partial charge in [0.1, 0.15) is 9.84 Å². The number of hydrogen-bond acceptors (Lipinski definition) is 13. The number of piperidine rings is 1. The summed E-state index contributed by atoms with van der Waals surface area (Å²) < 4.78 is 38.0. The minimum absolute atomic E-state index is 0.0269. The van der Waals surface area contributed by atoms with Crippen LogP contribution in [0, 0.1) is 0 Å². The average molecular weight is 927 g/mol. The van der Waals surface area contributed by atoms with Crippen molar-refractivity contribution < 1.29 is 46.7 Å². The van der Waals surface area contributed by atoms with E-state index in [-0.39, 0.29) is 59.8 Å². The number of para-hydroxylation sites is 1. The number of nitrogens with zero attached hydrogens (tertiary/aromatic N) is 5. The smallest absolute Gasteiger partial charge is 0.264 e. The second-order valence-corrected chi connectivity index (χ2v) is 19.3. The molecule has 7 rings (SSSR count). The molecule has 18 nitrogen and oxygen atoms in total. The maximum atomic E-state index is 14.0. The summed E-state index contributed by atoms with van der Waals surface area (Å²) in [5.74, 6) is -2.68. The molecule has 6 amide bonds. The van der Waals surface area contributed by atoms with E-state index in [1.54, 1.807) is 49.0 Å². The van der Waals surface area contributed by atoms with Crippen LogP contribution in [0.2, 0.25) is 0 Å². The first-order valence-electron chi connectivity index (χ1n) is 22.5. The van der Waals surface area contributed by atoms with Gasteiger partial charge in [-0.05, 0) is 68.6 Å². The number of rotatable bonds is 20. The number of ether oxygens (including phenoxy) is 2. The molecule has 4 aromatic rings. The Labute approximate surface area is 384 Å². The lowest BCUT2D eigenvalue weighted by Crippen LogP contribution is -2.48. The maximum absolute atomic E-state index is 14.0. The zero-order valence-electron chi connectivity index (χ0n) is 37.9. The van der Waals surface area contributed by atoms with Crippen LogP contribution in [-0.2, 0) is 36.1 Å². The molecule has 4 heterocycles. The van der Waals surface area contributed by atoms with Crippen molar-refractivity contribution in [1.29, 1.82) is 0 Å². The lowest BCUT2D eigenvalue weighted by atomic mass is 9.92. The van der Waals surface area contributed by atoms with E-state index in [1.807, 2.05) is 18.2 Å². The van der Waals surface area contributed by atoms with Crippen molar-refractivity contribution in [3.8, 4) is 11.5 Å². The highest BCUT2D eigenvalue weighted by Crippen LogP contribution is 2.39. The Hall–Kier alpha value is -6.18. The quantitative estimate of drug-likeness (QED) is 0.0828. The predicted molar refractivity (Wildman–Crippen MR) is 247 cm³/mol. The summed E-state index contributed by atoms with van der Waals surface area (Å²) in [7, 11) is -0.426. The van der Waals surface area contributed by atoms with E-state index in [9.17, 15) is 37.2 Å². The number of anilines is 2. The van der Waals surface area contributed by atoms with E-state index < -0.39 is 39.4 Å². The third-order valence-electron chi connectivity index (χ3n) is 12.3. The van der Waals surface area contributed by atoms with Gasteiger partial charge in [-0.2, -0.15) is 5.10 Å². The van der Waals surface area contributed by atoms with Crippen molar-refractivity contribution in [2.75, 3.05) is 75.6 Å². The Balaban J connectivity index is 0.824. The summed E-state index contributed by atoms with van der Waals surface area (Å²) in [5.41, 5.74) is 2.63. The highest BCUT2D eigenvalue weighted by molar-refractivity contribution is 7.90. The van der Waals surface area contributed by atoms with Gasteiger partial charge in [0.05, 0.1) is 71.7 Å². The van der Waals surface area contributed by atoms with E-state index in [1.165, 1.54) is 13.2 Å². The van der Waals surface area contributed by atoms with Crippen molar-refractivity contribution >= 4 is 67.6 Å². The molecule has 0 bridgehead atoms. The van der Waals surface area contributed by atoms with Gasteiger partial charge in [0, 0.05) is 57.7 Å². The second-order valence-electron chi connectivity index (χ2n) is 17.1. The zero-order chi connectivity index (χ0) is 47.1. The summed E-state index contributed by atoms with van der Waals surface area (Å²) in [6.45, 7) is 6.53. The molecule has 2 saturated heterocycles. The Kier molecular flexibility index (Phi) is 15.2. The molecule has 2 atom stereocenters. The van der Waals surface area contributed by atoms with Crippen LogP contribution in [0.5, 0.6) is 11.5 Å². The fourth-order valence-electron chi connectivity index (χ4n) is 9.07. The molecule has 66 heavy (non-hydrogen) atoms. The number of carbonyl (C=O) groups is 6. The van der Waals surface area contributed by atoms with Gasteiger partial charge in [-0.3, -0.25) is 48.6 Å². The van der Waals surface area contributed by atoms with E-state index in [0.29, 0.717) is 47.9 Å². The number of unbranched alkanes of at least 4 members (excludes halogenated alkanes) is 4. The largest absolute Gasteiger partial charge is 0.493 e. The minimum atomic E-state index is -3.68. The molecule has 3 aromatic carbocycles. The van der Waals surface area contributed by atoms with Gasteiger partial charge in [-0.1, -0.05) is 43.5 Å². The normalized spacial score (nSPS) is 17.5. The summed E-state index contributed by atoms with van der Waals surface area (Å²) in [4.78, 5) is 83.9. The van der Waals surface area contributed by atoms with E-state index >= 15 is 0 Å². The van der Waals surface area contributed by atoms with Crippen molar-refractivity contribution in [3.05, 3.63) is 77.0 Å². The van der Waals surface area contributed by atoms with Crippen molar-refractivity contribution in [2.45, 2.75) is 70.3 Å². The van der Waals surface area contributed by atoms with Crippen LogP contribution in [0.15, 0.2) is 54.6 Å². The third-order valence-corrected chi connectivity index (χ3v) is 13.2. The van der Waals surface area contributed by atoms with Gasteiger partial charge < -0.3 is 25.0 Å². The number of methoxy groups -OCH3 is 1. The number of imide groups is 2. The van der Waals surface area contributed by atoms with Gasteiger partial charge in [0.15, 0.2) is 11.5 Å². The first-order chi connectivity index (χ1) is 31.6. The Morgan fingerprint density at radius 1 is 0.864 bits per heavy atom. The number of aryl methyl sites for hydroxylation is 1. The van der Waals surface area contributed by atoms with Crippen molar-refractivity contribution in [1.82, 2.24) is 29.8 Å². The molecule has 352 valence electrons. The lowest BCUT2D eigenvalue weighted by Gasteiger charge is -2.34. The summed E-state index contributed by atoms with van der Waals surface area (Å²) in [6.07, 6.45) is 6.37. The molecular weight excluding hydrogens is 869 g/mol. The Morgan fingerprint density at radius 3 is 2.29 bits per heavy atom. The van der Waals surface area contributed by atoms with E-state index in [2.05, 4.69) is 30.8 Å². The number of carbonyl (C=O) groups excluding carboxylic acids is 6. The van der Waals surface area contributed by atoms with Crippen molar-refractivity contribution in [3.63, 3.8) is 0 Å². The molecule has 0 aliphatic carbocycles. The molecule has 0 spiro atoms. The molecule has 0 radical (unpaired) electrons. The molecule has 2 unspecified atom stereocenters. The third kappa shape index (κ3) is 11.1. The number of fused-ring (bicyclic) bond motifs is 2. The first kappa shape index (κ1) is 47.8. The highest BCUT2D eigenvalue weighted by Gasteiger charge is 2.43. The van der Waals surface area contributed by atoms with Gasteiger partial charge in [0.25, 0.3) is 11.8 Å². The molecule has 3 aliphatic rings. The molecule has 2 fully saturated rings. The molecule has 19 heteroatoms. The van der Waals surface area contributed by atoms with Gasteiger partial charge >= 0.3 is 0 Å². The van der Waals surface area contributed by atoms with Crippen LogP contribution >= 0.6 is 0 Å². The topological polar surface area (TPSA) is 219 Å². The Morgan fingerprint density at radius 2 is 1.56 bits per heavy atom. The average Bonchev–Trinajstić information content (AvgIpc) is 3.75. The van der Waals surface area contributed by atoms with Crippen LogP contribution in [0.1, 0.15) is 102 Å². The number of amides is 6. The Bertz CT molecular complexity index is 2620. The zero-order valence-corrected chi connectivity index (χ0v) is 38.7. The monoisotopic (exact) mass is 926 g/mol. The SMILES string of the molecule is CCOc1cc(C(CS(C)(=O)=O)N2C(=O)c3cccc(NC(=O)CCCCCCCN4CCN(CC(=O)Nc5cccc6c(C7CCC(=O)NC7=O)nn(C)c56)CC4)c3C2=O)ccc1OC. The number of piperazine rings is 1. The summed E-state index contributed by atoms with van der Waals surface area (Å²) in [6, 6.07) is 13.8. The second kappa shape index (κ2) is 21.0. The molecule has 3 aliphatic heterocycles. The molecule has 0 saturated carbocycles. The number of hydrogen-bond donors (Lipinski definition) is 3. The van der Waals surface area contributed by atoms with Crippen LogP contribution in [0.25, 0.3) is 10.9 Å². The standard InChI is InChI=1S/C47H58N8O10S/c1-5-65-38-27-30(18-20-37(38)64-3)36(29-66(4,62)63)55-46(60)31-13-11-15-34(42(31)47(55)61)48-39(56)17-9-7-6-8-10-22-53-23-25-54(26-24-53)28-41(58)49-35-16-12-14-32-43(51-52(2)44(32)35)33-19-21-40(57)50-45(33)59/h11-16,18,20,27,33,36H,5-10,17,19,21-26,28-29H2,1-4H3,(H,48,56)(H,49,58)(H,50,57,59). The first-order valence-corrected chi connectivity index (χ1v) is 24.5. The van der Waals surface area contributed by atoms with Gasteiger partial charge in [-0.15, -0.1) is 0 Å². The highest BCUT2D eigenvalue weighted by atomic mass is 32.2. The number of nitrogens with one attached hydrogen (secondary N) is 3. The van der Waals surface area contributed by atoms with E-state index in [0.717, 1.165) is 80.5 Å². The summed E-state index contributed by atoms with van der Waals surface area (Å²) >= 11 is 0. The molecule has 3 N–H and O–H groups in total. The number of benzene rings is 3. The van der Waals surface area contributed by atoms with Crippen LogP contribution in [0.3, 0.4) is 0 Å². The fourth-order valence-corrected chi connectivity index (χ4v) is 9.99. The van der Waals surface area contributed by atoms with Crippen LogP contribution in [-0.4, -0.2) is 133 Å². The maximum Gasteiger partial charge on any atom is 0.264 e. The summed E-state index contributed by atoms with van der Waals surface area (Å²) in [5, 5.41) is 13.7. The van der Waals surface area contributed by atoms with E-state index in [4.69, 9.17) is 9.47 Å². The van der Waals surface area contributed by atoms with Gasteiger partial charge in [-0.25, -0.2) is 8.42 Å². The van der Waals surface area contributed by atoms with Crippen LogP contribution in [0.4, 0.5) is 11.4 Å². The number of aromatic nitrogens is 2. The molecule has 1 aromatic heterocycles.